The summed E-state index contributed by atoms with van der Waals surface area (Å²) in [6.45, 7) is 1.37. The van der Waals surface area contributed by atoms with E-state index in [1.54, 1.807) is 30.5 Å². The predicted molar refractivity (Wildman–Crippen MR) is 139 cm³/mol. The molecule has 0 bridgehead atoms. The first-order valence-electron chi connectivity index (χ1n) is 12.7. The molecule has 0 radical (unpaired) electrons. The fourth-order valence-electron chi connectivity index (χ4n) is 5.10. The normalized spacial score (nSPS) is 18.8. The van der Waals surface area contributed by atoms with Gasteiger partial charge in [0.15, 0.2) is 17.5 Å². The van der Waals surface area contributed by atoms with Gasteiger partial charge < -0.3 is 14.7 Å². The van der Waals surface area contributed by atoms with Crippen LogP contribution >= 0.6 is 11.8 Å². The maximum Gasteiger partial charge on any atom is 0.308 e. The molecule has 1 N–H and O–H groups in total. The second kappa shape index (κ2) is 13.0. The van der Waals surface area contributed by atoms with Crippen molar-refractivity contribution >= 4 is 28.6 Å². The SMILES string of the molecule is COc1ccc2nccc([C@@H](F)CC[C@@H]3CCN(CCCSc4c(F)cc(F)c(F)c4F)C[C@@H]3C(=O)O)c2c1. The molecule has 0 amide bonds. The maximum atomic E-state index is 15.4. The number of nitrogens with zero attached hydrogens (tertiary/aromatic N) is 2. The quantitative estimate of drug-likeness (QED) is 0.0903. The lowest BCUT2D eigenvalue weighted by atomic mass is 9.81. The first-order chi connectivity index (χ1) is 18.7. The van der Waals surface area contributed by atoms with Crippen LogP contribution in [0.15, 0.2) is 41.4 Å². The lowest BCUT2D eigenvalue weighted by molar-refractivity contribution is -0.146. The third-order valence-electron chi connectivity index (χ3n) is 7.21. The van der Waals surface area contributed by atoms with E-state index in [9.17, 15) is 27.5 Å². The zero-order chi connectivity index (χ0) is 28.1. The molecule has 39 heavy (non-hydrogen) atoms. The van der Waals surface area contributed by atoms with Crippen LogP contribution in [0, 0.1) is 35.1 Å². The second-order valence-electron chi connectivity index (χ2n) is 9.62. The van der Waals surface area contributed by atoms with E-state index < -0.39 is 46.2 Å². The molecule has 0 aliphatic carbocycles. The average molecular weight is 569 g/mol. The molecule has 0 spiro atoms. The highest BCUT2D eigenvalue weighted by Gasteiger charge is 2.34. The predicted octanol–water partition coefficient (Wildman–Crippen LogP) is 6.80. The van der Waals surface area contributed by atoms with Gasteiger partial charge in [0.2, 0.25) is 0 Å². The van der Waals surface area contributed by atoms with E-state index in [2.05, 4.69) is 4.98 Å². The molecular weight excluding hydrogens is 539 g/mol. The van der Waals surface area contributed by atoms with Crippen molar-refractivity contribution in [3.8, 4) is 5.75 Å². The first-order valence-corrected chi connectivity index (χ1v) is 13.7. The van der Waals surface area contributed by atoms with E-state index in [1.807, 2.05) is 4.90 Å². The zero-order valence-corrected chi connectivity index (χ0v) is 22.1. The van der Waals surface area contributed by atoms with Crippen LogP contribution in [0.2, 0.25) is 0 Å². The fourth-order valence-corrected chi connectivity index (χ4v) is 5.99. The van der Waals surface area contributed by atoms with Crippen LogP contribution in [0.1, 0.15) is 37.4 Å². The van der Waals surface area contributed by atoms with Crippen molar-refractivity contribution in [2.24, 2.45) is 11.8 Å². The van der Waals surface area contributed by atoms with Gasteiger partial charge >= 0.3 is 5.97 Å². The standard InChI is InChI=1S/C28H29F5N2O3S/c1-38-17-4-6-24-19(13-17)18(7-9-34-24)21(29)5-3-16-8-11-35(15-20(16)28(36)37)10-2-12-39-27-23(31)14-22(30)25(32)26(27)33/h4,6-7,9,13-14,16,20-21H,2-3,5,8,10-12,15H2,1H3,(H,36,37)/t16-,20+,21+/m1/s1. The topological polar surface area (TPSA) is 62.7 Å². The third-order valence-corrected chi connectivity index (χ3v) is 8.36. The molecule has 1 aliphatic rings. The molecule has 5 nitrogen and oxygen atoms in total. The number of aliphatic carboxylic acids is 1. The number of alkyl halides is 1. The number of hydrogen-bond donors (Lipinski definition) is 1. The highest BCUT2D eigenvalue weighted by Crippen LogP contribution is 2.36. The summed E-state index contributed by atoms with van der Waals surface area (Å²) < 4.78 is 74.8. The number of carboxylic acid groups (broad SMARTS) is 1. The van der Waals surface area contributed by atoms with Crippen LogP contribution in [0.3, 0.4) is 0 Å². The Labute approximate surface area is 227 Å². The Hall–Kier alpha value is -2.92. The van der Waals surface area contributed by atoms with Crippen LogP contribution in [0.25, 0.3) is 10.9 Å². The van der Waals surface area contributed by atoms with Crippen molar-refractivity contribution in [3.63, 3.8) is 0 Å². The first kappa shape index (κ1) is 29.1. The minimum Gasteiger partial charge on any atom is -0.497 e. The van der Waals surface area contributed by atoms with Crippen molar-refractivity contribution in [2.45, 2.75) is 36.8 Å². The van der Waals surface area contributed by atoms with E-state index >= 15 is 4.39 Å². The van der Waals surface area contributed by atoms with Crippen LogP contribution in [-0.2, 0) is 4.79 Å². The third kappa shape index (κ3) is 6.81. The smallest absolute Gasteiger partial charge is 0.308 e. The van der Waals surface area contributed by atoms with Gasteiger partial charge in [0.1, 0.15) is 17.7 Å². The Balaban J connectivity index is 1.30. The van der Waals surface area contributed by atoms with Crippen LogP contribution in [-0.4, -0.2) is 53.5 Å². The van der Waals surface area contributed by atoms with E-state index in [-0.39, 0.29) is 24.6 Å². The molecule has 1 fully saturated rings. The van der Waals surface area contributed by atoms with Crippen LogP contribution in [0.5, 0.6) is 5.75 Å². The van der Waals surface area contributed by atoms with Gasteiger partial charge in [-0.05, 0) is 80.3 Å². The Morgan fingerprint density at radius 2 is 1.97 bits per heavy atom. The molecule has 1 saturated heterocycles. The number of fused-ring (bicyclic) bond motifs is 1. The summed E-state index contributed by atoms with van der Waals surface area (Å²) in [7, 11) is 1.54. The molecular formula is C28H29F5N2O3S. The van der Waals surface area contributed by atoms with Gasteiger partial charge in [-0.2, -0.15) is 0 Å². The van der Waals surface area contributed by atoms with Gasteiger partial charge in [-0.25, -0.2) is 22.0 Å². The number of piperidine rings is 1. The van der Waals surface area contributed by atoms with E-state index in [0.717, 1.165) is 11.8 Å². The maximum absolute atomic E-state index is 15.4. The molecule has 0 unspecified atom stereocenters. The van der Waals surface area contributed by atoms with Crippen molar-refractivity contribution in [2.75, 3.05) is 32.5 Å². The average Bonchev–Trinajstić information content (AvgIpc) is 2.93. The Kier molecular flexibility index (Phi) is 9.66. The van der Waals surface area contributed by atoms with E-state index in [4.69, 9.17) is 4.74 Å². The zero-order valence-electron chi connectivity index (χ0n) is 21.3. The number of rotatable bonds is 11. The van der Waals surface area contributed by atoms with Crippen molar-refractivity contribution < 1.29 is 36.6 Å². The molecule has 2 heterocycles. The largest absolute Gasteiger partial charge is 0.497 e. The number of carboxylic acids is 1. The number of halogens is 5. The van der Waals surface area contributed by atoms with E-state index in [0.29, 0.717) is 60.6 Å². The number of pyridine rings is 1. The number of thioether (sulfide) groups is 1. The summed E-state index contributed by atoms with van der Waals surface area (Å²) in [5.74, 6) is -6.97. The lowest BCUT2D eigenvalue weighted by Gasteiger charge is -2.36. The molecule has 2 aromatic carbocycles. The fraction of sp³-hybridized carbons (Fsp3) is 0.429. The Morgan fingerprint density at radius 3 is 2.72 bits per heavy atom. The summed E-state index contributed by atoms with van der Waals surface area (Å²) in [6, 6.07) is 7.23. The summed E-state index contributed by atoms with van der Waals surface area (Å²) in [4.78, 5) is 17.7. The summed E-state index contributed by atoms with van der Waals surface area (Å²) in [6.07, 6.45) is 1.89. The highest BCUT2D eigenvalue weighted by atomic mass is 32.2. The van der Waals surface area contributed by atoms with Gasteiger partial charge in [-0.15, -0.1) is 11.8 Å². The molecule has 11 heteroatoms. The minimum absolute atomic E-state index is 0.173. The van der Waals surface area contributed by atoms with Gasteiger partial charge in [0, 0.05) is 24.2 Å². The summed E-state index contributed by atoms with van der Waals surface area (Å²) in [5.41, 5.74) is 1.15. The monoisotopic (exact) mass is 568 g/mol. The molecule has 3 aromatic rings. The van der Waals surface area contributed by atoms with Crippen molar-refractivity contribution in [1.82, 2.24) is 9.88 Å². The number of hydrogen-bond acceptors (Lipinski definition) is 5. The van der Waals surface area contributed by atoms with Crippen LogP contribution in [0.4, 0.5) is 22.0 Å². The van der Waals surface area contributed by atoms with E-state index in [1.165, 1.54) is 7.11 Å². The van der Waals surface area contributed by atoms with Crippen molar-refractivity contribution in [3.05, 3.63) is 65.4 Å². The number of carbonyl (C=O) groups is 1. The van der Waals surface area contributed by atoms with Gasteiger partial charge in [0.25, 0.3) is 0 Å². The number of ether oxygens (including phenoxy) is 1. The molecule has 0 saturated carbocycles. The van der Waals surface area contributed by atoms with Gasteiger partial charge in [0.05, 0.1) is 23.4 Å². The number of aromatic nitrogens is 1. The summed E-state index contributed by atoms with van der Waals surface area (Å²) in [5, 5.41) is 10.5. The Bertz CT molecular complexity index is 1330. The molecule has 1 aromatic heterocycles. The highest BCUT2D eigenvalue weighted by molar-refractivity contribution is 7.99. The van der Waals surface area contributed by atoms with Gasteiger partial charge in [-0.3, -0.25) is 9.78 Å². The molecule has 3 atom stereocenters. The van der Waals surface area contributed by atoms with Crippen LogP contribution < -0.4 is 4.74 Å². The molecule has 4 rings (SSSR count). The number of likely N-dealkylation sites (tertiary alicyclic amines) is 1. The second-order valence-corrected chi connectivity index (χ2v) is 10.7. The van der Waals surface area contributed by atoms with Gasteiger partial charge in [-0.1, -0.05) is 0 Å². The number of benzene rings is 2. The molecule has 210 valence electrons. The van der Waals surface area contributed by atoms with Crippen molar-refractivity contribution in [1.29, 1.82) is 0 Å². The Morgan fingerprint density at radius 1 is 1.18 bits per heavy atom. The lowest BCUT2D eigenvalue weighted by Crippen LogP contribution is -2.44. The molecule has 1 aliphatic heterocycles. The number of methoxy groups -OCH3 is 1. The minimum atomic E-state index is -1.71. The summed E-state index contributed by atoms with van der Waals surface area (Å²) >= 11 is 0.751.